The zero-order valence-corrected chi connectivity index (χ0v) is 10.9. The molecule has 0 spiro atoms. The number of nitrogens with one attached hydrogen (secondary N) is 1. The van der Waals surface area contributed by atoms with Crippen LogP contribution >= 0.6 is 0 Å². The Balaban J connectivity index is 2.18. The first-order valence-corrected chi connectivity index (χ1v) is 6.27. The molecule has 0 unspecified atom stereocenters. The molecule has 1 aromatic rings. The zero-order valence-electron chi connectivity index (χ0n) is 10.9. The molecule has 0 heterocycles. The van der Waals surface area contributed by atoms with E-state index in [1.807, 2.05) is 37.3 Å². The molecule has 1 aromatic carbocycles. The number of carbonyl (C=O) groups excluding carboxylic acids is 1. The van der Waals surface area contributed by atoms with Crippen LogP contribution in [0, 0.1) is 0 Å². The Hall–Kier alpha value is -1.45. The highest BCUT2D eigenvalue weighted by molar-refractivity contribution is 5.96. The first-order chi connectivity index (χ1) is 8.74. The average molecular weight is 247 g/mol. The van der Waals surface area contributed by atoms with Gasteiger partial charge in [0.25, 0.3) is 0 Å². The van der Waals surface area contributed by atoms with Gasteiger partial charge in [0.1, 0.15) is 0 Å². The van der Waals surface area contributed by atoms with Crippen LogP contribution in [0.15, 0.2) is 42.5 Å². The van der Waals surface area contributed by atoms with Crippen molar-refractivity contribution in [3.63, 3.8) is 0 Å². The Morgan fingerprint density at radius 1 is 1.33 bits per heavy atom. The predicted molar refractivity (Wildman–Crippen MR) is 73.4 cm³/mol. The molecule has 0 atom stereocenters. The van der Waals surface area contributed by atoms with E-state index in [1.165, 1.54) is 0 Å². The fourth-order valence-electron chi connectivity index (χ4n) is 1.46. The second kappa shape index (κ2) is 8.61. The minimum absolute atomic E-state index is 0.0158. The van der Waals surface area contributed by atoms with Gasteiger partial charge in [-0.1, -0.05) is 43.8 Å². The Morgan fingerprint density at radius 2 is 2.06 bits per heavy atom. The van der Waals surface area contributed by atoms with Crippen molar-refractivity contribution in [2.45, 2.75) is 19.9 Å². The van der Waals surface area contributed by atoms with Gasteiger partial charge in [0.2, 0.25) is 0 Å². The van der Waals surface area contributed by atoms with Gasteiger partial charge in [-0.05, 0) is 12.0 Å². The number of hydrogen-bond acceptors (Lipinski definition) is 3. The third kappa shape index (κ3) is 5.75. The molecule has 3 nitrogen and oxygen atoms in total. The second-order valence-corrected chi connectivity index (χ2v) is 4.17. The van der Waals surface area contributed by atoms with Gasteiger partial charge >= 0.3 is 0 Å². The van der Waals surface area contributed by atoms with Crippen molar-refractivity contribution in [1.29, 1.82) is 0 Å². The maximum Gasteiger partial charge on any atom is 0.174 e. The van der Waals surface area contributed by atoms with E-state index in [2.05, 4.69) is 11.9 Å². The minimum atomic E-state index is 0.0158. The summed E-state index contributed by atoms with van der Waals surface area (Å²) in [5.41, 5.74) is 1.70. The summed E-state index contributed by atoms with van der Waals surface area (Å²) in [6, 6.07) is 9.99. The fourth-order valence-corrected chi connectivity index (χ4v) is 1.46. The van der Waals surface area contributed by atoms with Crippen LogP contribution in [0.2, 0.25) is 0 Å². The summed E-state index contributed by atoms with van der Waals surface area (Å²) in [5.74, 6) is 0.0158. The number of rotatable bonds is 9. The number of carbonyl (C=O) groups is 1. The Bertz CT molecular complexity index is 373. The summed E-state index contributed by atoms with van der Waals surface area (Å²) in [4.78, 5) is 11.7. The van der Waals surface area contributed by atoms with Crippen LogP contribution in [0.3, 0.4) is 0 Å². The van der Waals surface area contributed by atoms with Crippen LogP contribution < -0.4 is 5.32 Å². The lowest BCUT2D eigenvalue weighted by molar-refractivity contribution is -0.115. The Morgan fingerprint density at radius 3 is 2.72 bits per heavy atom. The van der Waals surface area contributed by atoms with Gasteiger partial charge in [0.15, 0.2) is 5.78 Å². The first kappa shape index (κ1) is 14.6. The van der Waals surface area contributed by atoms with E-state index in [1.54, 1.807) is 0 Å². The van der Waals surface area contributed by atoms with Crippen molar-refractivity contribution in [3.8, 4) is 0 Å². The lowest BCUT2D eigenvalue weighted by Crippen LogP contribution is -2.24. The Labute approximate surface area is 109 Å². The molecular formula is C15H21NO2. The summed E-state index contributed by atoms with van der Waals surface area (Å²) < 4.78 is 5.28. The molecule has 0 amide bonds. The van der Waals surface area contributed by atoms with Gasteiger partial charge in [0, 0.05) is 18.7 Å². The van der Waals surface area contributed by atoms with E-state index >= 15 is 0 Å². The van der Waals surface area contributed by atoms with Gasteiger partial charge < -0.3 is 10.1 Å². The maximum atomic E-state index is 11.7. The molecule has 0 saturated carbocycles. The Kier molecular flexibility index (Phi) is 6.99. The van der Waals surface area contributed by atoms with Crippen LogP contribution in [0.4, 0.5) is 0 Å². The molecule has 1 N–H and O–H groups in total. The summed E-state index contributed by atoms with van der Waals surface area (Å²) >= 11 is 0. The molecule has 0 fully saturated rings. The number of hydrogen-bond donors (Lipinski definition) is 1. The largest absolute Gasteiger partial charge is 0.377 e. The number of ether oxygens (including phenoxy) is 1. The molecule has 0 aliphatic rings. The fraction of sp³-hybridized carbons (Fsp3) is 0.400. The lowest BCUT2D eigenvalue weighted by atomic mass is 10.2. The van der Waals surface area contributed by atoms with Crippen molar-refractivity contribution in [2.75, 3.05) is 19.8 Å². The topological polar surface area (TPSA) is 38.3 Å². The molecule has 3 heteroatoms. The molecule has 1 rings (SSSR count). The van der Waals surface area contributed by atoms with E-state index < -0.39 is 0 Å². The summed E-state index contributed by atoms with van der Waals surface area (Å²) in [6.45, 7) is 7.77. The average Bonchev–Trinajstić information content (AvgIpc) is 2.40. The third-order valence-corrected chi connectivity index (χ3v) is 2.48. The summed E-state index contributed by atoms with van der Waals surface area (Å²) in [7, 11) is 0. The smallest absolute Gasteiger partial charge is 0.174 e. The van der Waals surface area contributed by atoms with Crippen LogP contribution in [-0.4, -0.2) is 25.5 Å². The summed E-state index contributed by atoms with van der Waals surface area (Å²) in [6.07, 6.45) is 0.952. The highest BCUT2D eigenvalue weighted by atomic mass is 16.5. The minimum Gasteiger partial charge on any atom is -0.377 e. The molecule has 0 radical (unpaired) electrons. The van der Waals surface area contributed by atoms with Gasteiger partial charge in [-0.2, -0.15) is 0 Å². The van der Waals surface area contributed by atoms with E-state index in [-0.39, 0.29) is 5.78 Å². The lowest BCUT2D eigenvalue weighted by Gasteiger charge is -2.07. The van der Waals surface area contributed by atoms with Gasteiger partial charge in [-0.15, -0.1) is 0 Å². The van der Waals surface area contributed by atoms with E-state index in [0.29, 0.717) is 31.9 Å². The molecule has 18 heavy (non-hydrogen) atoms. The highest BCUT2D eigenvalue weighted by Gasteiger charge is 2.06. The van der Waals surface area contributed by atoms with Gasteiger partial charge in [-0.3, -0.25) is 4.79 Å². The number of benzene rings is 1. The molecule has 0 saturated heterocycles. The molecule has 98 valence electrons. The molecule has 0 bridgehead atoms. The number of Topliss-reactive ketones (excluding diaryl/α,β-unsaturated/α-hetero) is 1. The van der Waals surface area contributed by atoms with Crippen LogP contribution in [0.1, 0.15) is 18.9 Å². The summed E-state index contributed by atoms with van der Waals surface area (Å²) in [5, 5.41) is 3.11. The van der Waals surface area contributed by atoms with Crippen LogP contribution in [-0.2, 0) is 16.1 Å². The van der Waals surface area contributed by atoms with Crippen molar-refractivity contribution in [1.82, 2.24) is 5.32 Å². The molecule has 0 aromatic heterocycles. The second-order valence-electron chi connectivity index (χ2n) is 4.17. The monoisotopic (exact) mass is 247 g/mol. The van der Waals surface area contributed by atoms with Gasteiger partial charge in [-0.25, -0.2) is 0 Å². The van der Waals surface area contributed by atoms with E-state index in [0.717, 1.165) is 12.0 Å². The number of ketones is 1. The van der Waals surface area contributed by atoms with Crippen LogP contribution in [0.5, 0.6) is 0 Å². The quantitative estimate of drug-likeness (QED) is 0.537. The van der Waals surface area contributed by atoms with Crippen LogP contribution in [0.25, 0.3) is 0 Å². The molecular weight excluding hydrogens is 226 g/mol. The normalized spacial score (nSPS) is 10.3. The first-order valence-electron chi connectivity index (χ1n) is 6.27. The predicted octanol–water partition coefficient (Wildman–Crippen LogP) is 2.33. The molecule has 0 aliphatic carbocycles. The maximum absolute atomic E-state index is 11.7. The highest BCUT2D eigenvalue weighted by Crippen LogP contribution is 1.98. The van der Waals surface area contributed by atoms with Crippen molar-refractivity contribution in [3.05, 3.63) is 48.0 Å². The zero-order chi connectivity index (χ0) is 13.2. The van der Waals surface area contributed by atoms with Crippen molar-refractivity contribution < 1.29 is 9.53 Å². The van der Waals surface area contributed by atoms with Gasteiger partial charge in [0.05, 0.1) is 13.2 Å². The van der Waals surface area contributed by atoms with Crippen molar-refractivity contribution >= 4 is 5.78 Å². The SMILES string of the molecule is C=C(COCCC)C(=O)CNCc1ccccc1. The van der Waals surface area contributed by atoms with E-state index in [4.69, 9.17) is 4.74 Å². The van der Waals surface area contributed by atoms with E-state index in [9.17, 15) is 4.79 Å². The van der Waals surface area contributed by atoms with Crippen molar-refractivity contribution in [2.24, 2.45) is 0 Å². The molecule has 0 aliphatic heterocycles. The third-order valence-electron chi connectivity index (χ3n) is 2.48. The standard InChI is InChI=1S/C15H21NO2/c1-3-9-18-12-13(2)15(17)11-16-10-14-7-5-4-6-8-14/h4-8,16H,2-3,9-12H2,1H3.